The number of fused-ring (bicyclic) bond motifs is 1. The van der Waals surface area contributed by atoms with Crippen molar-refractivity contribution in [3.05, 3.63) is 28.1 Å². The Morgan fingerprint density at radius 2 is 2.08 bits per heavy atom. The summed E-state index contributed by atoms with van der Waals surface area (Å²) < 4.78 is 4.89. The van der Waals surface area contributed by atoms with Crippen LogP contribution in [-0.4, -0.2) is 32.8 Å². The minimum absolute atomic E-state index is 0.0907. The second kappa shape index (κ2) is 6.81. The second-order valence-electron chi connectivity index (χ2n) is 5.26. The molecule has 0 aliphatic rings. The zero-order valence-electron chi connectivity index (χ0n) is 13.6. The minimum Gasteiger partial charge on any atom is -0.544 e. The molecule has 0 aliphatic carbocycles. The van der Waals surface area contributed by atoms with Crippen LogP contribution in [0.5, 0.6) is 0 Å². The van der Waals surface area contributed by atoms with E-state index >= 15 is 0 Å². The normalized spacial score (nSPS) is 11.0. The van der Waals surface area contributed by atoms with Crippen LogP contribution >= 0.6 is 23.1 Å². The van der Waals surface area contributed by atoms with Crippen LogP contribution in [0.15, 0.2) is 15.6 Å². The molecule has 1 amide bonds. The number of carboxylic acid groups (broad SMARTS) is 1. The lowest BCUT2D eigenvalue weighted by molar-refractivity contribution is -0.254. The van der Waals surface area contributed by atoms with Gasteiger partial charge in [-0.3, -0.25) is 4.79 Å². The molecule has 25 heavy (non-hydrogen) atoms. The maximum Gasteiger partial charge on any atom is 0.236 e. The van der Waals surface area contributed by atoms with Gasteiger partial charge >= 0.3 is 0 Å². The van der Waals surface area contributed by atoms with Crippen molar-refractivity contribution < 1.29 is 19.2 Å². The number of carbonyl (C=O) groups is 2. The quantitative estimate of drug-likeness (QED) is 0.527. The van der Waals surface area contributed by atoms with Crippen LogP contribution in [0.4, 0.5) is 5.82 Å². The van der Waals surface area contributed by atoms with Gasteiger partial charge in [-0.1, -0.05) is 16.9 Å². The topological polar surface area (TPSA) is 121 Å². The monoisotopic (exact) mass is 377 g/mol. The number of aromatic carboxylic acids is 1. The van der Waals surface area contributed by atoms with Crippen LogP contribution in [-0.2, 0) is 4.79 Å². The van der Waals surface area contributed by atoms with Crippen LogP contribution in [0, 0.1) is 20.8 Å². The molecular formula is C15H13N4O4S2-. The van der Waals surface area contributed by atoms with Gasteiger partial charge in [0, 0.05) is 11.5 Å². The number of nitrogens with one attached hydrogen (secondary N) is 1. The van der Waals surface area contributed by atoms with E-state index in [9.17, 15) is 14.7 Å². The number of hydrogen-bond acceptors (Lipinski definition) is 9. The SMILES string of the molecule is Cc1nc(SCC(=O)Nc2cc(C)on2)c2c(C)c(C(=O)[O-])sc2n1. The molecule has 0 saturated carbocycles. The van der Waals surface area contributed by atoms with Crippen LogP contribution in [0.2, 0.25) is 0 Å². The maximum absolute atomic E-state index is 12.1. The highest BCUT2D eigenvalue weighted by Gasteiger charge is 2.17. The van der Waals surface area contributed by atoms with Crippen LogP contribution in [0.1, 0.15) is 26.8 Å². The van der Waals surface area contributed by atoms with Gasteiger partial charge in [0.25, 0.3) is 0 Å². The Morgan fingerprint density at radius 3 is 2.72 bits per heavy atom. The number of thiophene rings is 1. The first kappa shape index (κ1) is 17.4. The summed E-state index contributed by atoms with van der Waals surface area (Å²) in [6.07, 6.45) is 0. The zero-order chi connectivity index (χ0) is 18.1. The summed E-state index contributed by atoms with van der Waals surface area (Å²) in [6, 6.07) is 1.62. The Morgan fingerprint density at radius 1 is 1.32 bits per heavy atom. The summed E-state index contributed by atoms with van der Waals surface area (Å²) >= 11 is 2.26. The highest BCUT2D eigenvalue weighted by molar-refractivity contribution is 8.00. The summed E-state index contributed by atoms with van der Waals surface area (Å²) in [4.78, 5) is 32.6. The summed E-state index contributed by atoms with van der Waals surface area (Å²) in [5, 5.41) is 18.8. The highest BCUT2D eigenvalue weighted by atomic mass is 32.2. The molecule has 130 valence electrons. The number of carbonyl (C=O) groups excluding carboxylic acids is 2. The highest BCUT2D eigenvalue weighted by Crippen LogP contribution is 2.35. The molecule has 10 heteroatoms. The van der Waals surface area contributed by atoms with E-state index in [2.05, 4.69) is 20.4 Å². The minimum atomic E-state index is -1.24. The van der Waals surface area contributed by atoms with Gasteiger partial charge in [-0.2, -0.15) is 0 Å². The molecule has 1 N–H and O–H groups in total. The molecular weight excluding hydrogens is 364 g/mol. The molecule has 0 atom stereocenters. The fourth-order valence-corrected chi connectivity index (χ4v) is 4.30. The van der Waals surface area contributed by atoms with Crippen LogP contribution in [0.3, 0.4) is 0 Å². The molecule has 0 bridgehead atoms. The average molecular weight is 377 g/mol. The number of rotatable bonds is 5. The number of aromatic nitrogens is 3. The molecule has 0 aliphatic heterocycles. The van der Waals surface area contributed by atoms with Gasteiger partial charge in [-0.05, 0) is 26.3 Å². The number of anilines is 1. The predicted molar refractivity (Wildman–Crippen MR) is 91.8 cm³/mol. The number of aryl methyl sites for hydroxylation is 3. The van der Waals surface area contributed by atoms with Crippen molar-refractivity contribution in [2.45, 2.75) is 25.8 Å². The third kappa shape index (κ3) is 3.64. The van der Waals surface area contributed by atoms with Gasteiger partial charge in [-0.15, -0.1) is 11.3 Å². The maximum atomic E-state index is 12.1. The first-order valence-electron chi connectivity index (χ1n) is 7.20. The van der Waals surface area contributed by atoms with Crippen molar-refractivity contribution >= 4 is 51.0 Å². The summed E-state index contributed by atoms with van der Waals surface area (Å²) in [6.45, 7) is 5.13. The number of thioether (sulfide) groups is 1. The largest absolute Gasteiger partial charge is 0.544 e. The van der Waals surface area contributed by atoms with Crippen LogP contribution in [0.25, 0.3) is 10.2 Å². The van der Waals surface area contributed by atoms with Crippen molar-refractivity contribution in [1.29, 1.82) is 0 Å². The van der Waals surface area contributed by atoms with E-state index in [1.54, 1.807) is 26.8 Å². The Kier molecular flexibility index (Phi) is 4.73. The summed E-state index contributed by atoms with van der Waals surface area (Å²) in [5.74, 6) is 0.0310. The lowest BCUT2D eigenvalue weighted by Crippen LogP contribution is -2.21. The van der Waals surface area contributed by atoms with E-state index in [-0.39, 0.29) is 16.5 Å². The lowest BCUT2D eigenvalue weighted by atomic mass is 10.2. The Bertz CT molecular complexity index is 979. The molecule has 3 rings (SSSR count). The van der Waals surface area contributed by atoms with Gasteiger partial charge in [0.2, 0.25) is 5.91 Å². The standard InChI is InChI=1S/C15H14N4O4S2/c1-6-4-9(19-23-6)18-10(20)5-24-13-11-7(2)12(15(21)22)25-14(11)17-8(3)16-13/h4H,5H2,1-3H3,(H,21,22)(H,18,19,20)/p-1. The average Bonchev–Trinajstić information content (AvgIpc) is 3.08. The van der Waals surface area contributed by atoms with E-state index in [4.69, 9.17) is 4.52 Å². The third-order valence-electron chi connectivity index (χ3n) is 3.29. The molecule has 3 aromatic rings. The molecule has 0 fully saturated rings. The number of hydrogen-bond donors (Lipinski definition) is 1. The Balaban J connectivity index is 1.83. The van der Waals surface area contributed by atoms with E-state index in [1.807, 2.05) is 0 Å². The van der Waals surface area contributed by atoms with Gasteiger partial charge in [0.1, 0.15) is 21.4 Å². The van der Waals surface area contributed by atoms with Crippen LogP contribution < -0.4 is 10.4 Å². The fourth-order valence-electron chi connectivity index (χ4n) is 2.24. The van der Waals surface area contributed by atoms with E-state index in [0.717, 1.165) is 11.3 Å². The molecule has 0 radical (unpaired) electrons. The number of nitrogens with zero attached hydrogens (tertiary/aromatic N) is 3. The Hall–Kier alpha value is -2.46. The van der Waals surface area contributed by atoms with Gasteiger partial charge in [0.05, 0.1) is 16.6 Å². The van der Waals surface area contributed by atoms with Crippen molar-refractivity contribution in [1.82, 2.24) is 15.1 Å². The first-order chi connectivity index (χ1) is 11.8. The zero-order valence-corrected chi connectivity index (χ0v) is 15.2. The second-order valence-corrected chi connectivity index (χ2v) is 7.22. The molecule has 8 nitrogen and oxygen atoms in total. The van der Waals surface area contributed by atoms with Crippen molar-refractivity contribution in [3.8, 4) is 0 Å². The number of amides is 1. The predicted octanol–water partition coefficient (Wildman–Crippen LogP) is 1.70. The van der Waals surface area contributed by atoms with Crippen molar-refractivity contribution in [2.75, 3.05) is 11.1 Å². The van der Waals surface area contributed by atoms with Gasteiger partial charge < -0.3 is 19.7 Å². The Labute approximate surface area is 150 Å². The molecule has 3 heterocycles. The smallest absolute Gasteiger partial charge is 0.236 e. The molecule has 3 aromatic heterocycles. The third-order valence-corrected chi connectivity index (χ3v) is 5.43. The van der Waals surface area contributed by atoms with Crippen molar-refractivity contribution in [2.24, 2.45) is 0 Å². The lowest BCUT2D eigenvalue weighted by Gasteiger charge is -2.05. The van der Waals surface area contributed by atoms with Gasteiger partial charge in [0.15, 0.2) is 5.82 Å². The van der Waals surface area contributed by atoms with E-state index in [0.29, 0.717) is 38.2 Å². The number of carboxylic acids is 1. The molecule has 0 aromatic carbocycles. The molecule has 0 unspecified atom stereocenters. The van der Waals surface area contributed by atoms with E-state index in [1.165, 1.54) is 11.8 Å². The summed E-state index contributed by atoms with van der Waals surface area (Å²) in [5.41, 5.74) is 0.551. The first-order valence-corrected chi connectivity index (χ1v) is 9.00. The van der Waals surface area contributed by atoms with Crippen molar-refractivity contribution in [3.63, 3.8) is 0 Å². The summed E-state index contributed by atoms with van der Waals surface area (Å²) in [7, 11) is 0. The van der Waals surface area contributed by atoms with E-state index < -0.39 is 5.97 Å². The molecule has 0 spiro atoms. The van der Waals surface area contributed by atoms with Gasteiger partial charge in [-0.25, -0.2) is 9.97 Å². The fraction of sp³-hybridized carbons (Fsp3) is 0.267. The molecule has 0 saturated heterocycles.